The van der Waals surface area contributed by atoms with Crippen LogP contribution in [-0.4, -0.2) is 24.3 Å². The molecule has 3 aromatic rings. The van der Waals surface area contributed by atoms with Gasteiger partial charge in [-0.25, -0.2) is 22.2 Å². The van der Waals surface area contributed by atoms with Crippen molar-refractivity contribution in [3.8, 4) is 11.1 Å². The zero-order valence-electron chi connectivity index (χ0n) is 15.4. The summed E-state index contributed by atoms with van der Waals surface area (Å²) in [4.78, 5) is 18.6. The van der Waals surface area contributed by atoms with Crippen molar-refractivity contribution in [2.75, 3.05) is 10.0 Å². The summed E-state index contributed by atoms with van der Waals surface area (Å²) in [6, 6.07) is 7.66. The Kier molecular flexibility index (Phi) is 5.55. The Labute approximate surface area is 165 Å². The van der Waals surface area contributed by atoms with Crippen molar-refractivity contribution in [3.63, 3.8) is 0 Å². The number of halogens is 2. The van der Waals surface area contributed by atoms with Crippen LogP contribution >= 0.6 is 0 Å². The molecule has 2 N–H and O–H groups in total. The van der Waals surface area contributed by atoms with Crippen LogP contribution in [0.15, 0.2) is 53.7 Å². The number of benzene rings is 1. The number of amides is 1. The van der Waals surface area contributed by atoms with Crippen LogP contribution in [-0.2, 0) is 14.8 Å². The van der Waals surface area contributed by atoms with E-state index in [0.29, 0.717) is 22.6 Å². The molecule has 150 valence electrons. The molecule has 0 spiro atoms. The van der Waals surface area contributed by atoms with Crippen molar-refractivity contribution in [3.05, 3.63) is 66.1 Å². The molecular weight excluding hydrogens is 402 g/mol. The van der Waals surface area contributed by atoms with Gasteiger partial charge in [-0.3, -0.25) is 14.5 Å². The molecule has 0 aliphatic heterocycles. The summed E-state index contributed by atoms with van der Waals surface area (Å²) >= 11 is 0. The molecule has 1 aromatic carbocycles. The fourth-order valence-corrected chi connectivity index (χ4v) is 3.74. The molecule has 2 aromatic heterocycles. The first-order chi connectivity index (χ1) is 13.7. The summed E-state index contributed by atoms with van der Waals surface area (Å²) in [5.74, 6) is -2.70. The van der Waals surface area contributed by atoms with Gasteiger partial charge in [-0.1, -0.05) is 6.07 Å². The van der Waals surface area contributed by atoms with E-state index in [4.69, 9.17) is 0 Å². The first kappa shape index (κ1) is 20.3. The maximum absolute atomic E-state index is 13.9. The summed E-state index contributed by atoms with van der Waals surface area (Å²) in [5, 5.41) is 2.55. The smallest absolute Gasteiger partial charge is 0.264 e. The lowest BCUT2D eigenvalue weighted by molar-refractivity contribution is -0.114. The third kappa shape index (κ3) is 4.54. The zero-order valence-corrected chi connectivity index (χ0v) is 16.2. The van der Waals surface area contributed by atoms with Crippen molar-refractivity contribution in [1.82, 2.24) is 9.97 Å². The van der Waals surface area contributed by atoms with Crippen molar-refractivity contribution in [2.24, 2.45) is 0 Å². The van der Waals surface area contributed by atoms with Crippen LogP contribution in [0.1, 0.15) is 12.6 Å². The number of sulfonamides is 1. The van der Waals surface area contributed by atoms with E-state index in [1.165, 1.54) is 25.4 Å². The van der Waals surface area contributed by atoms with Crippen molar-refractivity contribution in [1.29, 1.82) is 0 Å². The number of rotatable bonds is 5. The first-order valence-corrected chi connectivity index (χ1v) is 9.83. The van der Waals surface area contributed by atoms with Gasteiger partial charge in [0.05, 0.1) is 11.4 Å². The van der Waals surface area contributed by atoms with Crippen LogP contribution in [0, 0.1) is 18.6 Å². The van der Waals surface area contributed by atoms with Crippen molar-refractivity contribution >= 4 is 27.4 Å². The Morgan fingerprint density at radius 3 is 2.55 bits per heavy atom. The lowest BCUT2D eigenvalue weighted by Crippen LogP contribution is -2.16. The molecule has 29 heavy (non-hydrogen) atoms. The minimum atomic E-state index is -4.39. The number of carbonyl (C=O) groups excluding carboxylic acids is 1. The molecule has 0 radical (unpaired) electrons. The number of carbonyl (C=O) groups is 1. The van der Waals surface area contributed by atoms with Gasteiger partial charge in [-0.2, -0.15) is 0 Å². The van der Waals surface area contributed by atoms with Gasteiger partial charge in [0, 0.05) is 24.9 Å². The maximum Gasteiger partial charge on any atom is 0.264 e. The molecule has 0 aliphatic rings. The van der Waals surface area contributed by atoms with E-state index in [1.807, 2.05) is 0 Å². The Morgan fingerprint density at radius 1 is 1.07 bits per heavy atom. The number of anilines is 2. The highest BCUT2D eigenvalue weighted by Gasteiger charge is 2.22. The van der Waals surface area contributed by atoms with Crippen LogP contribution in [0.25, 0.3) is 11.1 Å². The fraction of sp³-hybridized carbons (Fsp3) is 0.105. The van der Waals surface area contributed by atoms with E-state index in [9.17, 15) is 22.0 Å². The van der Waals surface area contributed by atoms with Gasteiger partial charge in [0.25, 0.3) is 10.0 Å². The Morgan fingerprint density at radius 2 is 1.83 bits per heavy atom. The molecule has 3 rings (SSSR count). The van der Waals surface area contributed by atoms with E-state index in [-0.39, 0.29) is 11.6 Å². The number of aromatic nitrogens is 2. The number of pyridine rings is 2. The van der Waals surface area contributed by atoms with E-state index >= 15 is 0 Å². The minimum absolute atomic E-state index is 0.101. The third-order valence-electron chi connectivity index (χ3n) is 3.93. The first-order valence-electron chi connectivity index (χ1n) is 8.35. The molecule has 2 heterocycles. The van der Waals surface area contributed by atoms with Crippen LogP contribution in [0.4, 0.5) is 20.3 Å². The molecule has 7 nitrogen and oxygen atoms in total. The average molecular weight is 418 g/mol. The topological polar surface area (TPSA) is 101 Å². The number of aryl methyl sites for hydroxylation is 1. The number of hydrogen-bond acceptors (Lipinski definition) is 5. The molecule has 0 fully saturated rings. The quantitative estimate of drug-likeness (QED) is 0.661. The second kappa shape index (κ2) is 7.92. The third-order valence-corrected chi connectivity index (χ3v) is 5.32. The lowest BCUT2D eigenvalue weighted by atomic mass is 10.1. The van der Waals surface area contributed by atoms with Crippen LogP contribution in [0.3, 0.4) is 0 Å². The van der Waals surface area contributed by atoms with Crippen molar-refractivity contribution < 1.29 is 22.0 Å². The lowest BCUT2D eigenvalue weighted by Gasteiger charge is -2.13. The monoisotopic (exact) mass is 418 g/mol. The molecule has 10 heteroatoms. The average Bonchev–Trinajstić information content (AvgIpc) is 2.65. The second-order valence-electron chi connectivity index (χ2n) is 6.13. The van der Waals surface area contributed by atoms with Crippen LogP contribution in [0.5, 0.6) is 0 Å². The van der Waals surface area contributed by atoms with E-state index in [0.717, 1.165) is 18.2 Å². The highest BCUT2D eigenvalue weighted by atomic mass is 32.2. The van der Waals surface area contributed by atoms with Crippen LogP contribution in [0.2, 0.25) is 0 Å². The second-order valence-corrected chi connectivity index (χ2v) is 7.78. The normalized spacial score (nSPS) is 11.2. The highest BCUT2D eigenvalue weighted by molar-refractivity contribution is 7.92. The SMILES string of the molecule is CC(=O)Nc1cc(-c2cnc(C)c(NS(=O)(=O)c3cccc(F)c3F)c2)ccn1. The summed E-state index contributed by atoms with van der Waals surface area (Å²) in [6.07, 6.45) is 3.00. The van der Waals surface area contributed by atoms with E-state index in [1.54, 1.807) is 19.1 Å². The van der Waals surface area contributed by atoms with Gasteiger partial charge >= 0.3 is 0 Å². The largest absolute Gasteiger partial charge is 0.311 e. The van der Waals surface area contributed by atoms with E-state index < -0.39 is 26.6 Å². The molecule has 0 unspecified atom stereocenters. The minimum Gasteiger partial charge on any atom is -0.311 e. The number of hydrogen-bond donors (Lipinski definition) is 2. The Balaban J connectivity index is 1.98. The predicted octanol–water partition coefficient (Wildman–Crippen LogP) is 3.49. The summed E-state index contributed by atoms with van der Waals surface area (Å²) in [7, 11) is -4.39. The molecule has 0 saturated heterocycles. The van der Waals surface area contributed by atoms with Gasteiger partial charge in [-0.15, -0.1) is 0 Å². The molecule has 0 saturated carbocycles. The van der Waals surface area contributed by atoms with Gasteiger partial charge in [-0.05, 0) is 42.8 Å². The molecule has 0 aliphatic carbocycles. The molecular formula is C19H16F2N4O3S. The van der Waals surface area contributed by atoms with Gasteiger partial charge in [0.15, 0.2) is 11.6 Å². The van der Waals surface area contributed by atoms with Gasteiger partial charge in [0.1, 0.15) is 10.7 Å². The summed E-state index contributed by atoms with van der Waals surface area (Å²) in [5.41, 5.74) is 1.59. The number of nitrogens with zero attached hydrogens (tertiary/aromatic N) is 2. The van der Waals surface area contributed by atoms with Crippen LogP contribution < -0.4 is 10.0 Å². The Hall–Kier alpha value is -3.40. The number of nitrogens with one attached hydrogen (secondary N) is 2. The Bertz CT molecular complexity index is 1200. The summed E-state index contributed by atoms with van der Waals surface area (Å²) < 4.78 is 54.7. The van der Waals surface area contributed by atoms with E-state index in [2.05, 4.69) is 20.0 Å². The molecule has 0 atom stereocenters. The summed E-state index contributed by atoms with van der Waals surface area (Å²) in [6.45, 7) is 2.92. The molecule has 1 amide bonds. The standard InChI is InChI=1S/C19H16F2N4O3S/c1-11-16(25-29(27,28)17-5-3-4-15(20)19(17)21)8-14(10-23-11)13-6-7-22-18(9-13)24-12(2)26/h3-10,25H,1-2H3,(H,22,24,26). The fourth-order valence-electron chi connectivity index (χ4n) is 2.54. The van der Waals surface area contributed by atoms with Crippen molar-refractivity contribution in [2.45, 2.75) is 18.7 Å². The highest BCUT2D eigenvalue weighted by Crippen LogP contribution is 2.27. The zero-order chi connectivity index (χ0) is 21.2. The molecule has 0 bridgehead atoms. The predicted molar refractivity (Wildman–Crippen MR) is 104 cm³/mol. The van der Waals surface area contributed by atoms with Gasteiger partial charge in [0.2, 0.25) is 5.91 Å². The maximum atomic E-state index is 13.9. The van der Waals surface area contributed by atoms with Gasteiger partial charge < -0.3 is 5.32 Å².